The number of aliphatic hydroxyl groups excluding tert-OH is 1. The van der Waals surface area contributed by atoms with Gasteiger partial charge in [-0.2, -0.15) is 0 Å². The Hall–Kier alpha value is -1.28. The molecule has 0 aromatic heterocycles. The van der Waals surface area contributed by atoms with Crippen LogP contribution in [0.25, 0.3) is 0 Å². The fourth-order valence-corrected chi connectivity index (χ4v) is 8.30. The lowest BCUT2D eigenvalue weighted by Crippen LogP contribution is -2.55. The van der Waals surface area contributed by atoms with Gasteiger partial charge in [-0.05, 0) is 52.4 Å². The van der Waals surface area contributed by atoms with Crippen LogP contribution in [0.2, 0.25) is 0 Å². The van der Waals surface area contributed by atoms with E-state index in [2.05, 4.69) is 24.5 Å². The van der Waals surface area contributed by atoms with Crippen molar-refractivity contribution in [2.45, 2.75) is 94.2 Å². The SMILES string of the molecule is CCCNC(=O)[C@H]1[C@H]2C(=O)N(CCCCO)C(C(=O)NC(C)CCC)C23CC[C@]1(C)S3. The van der Waals surface area contributed by atoms with Crippen LogP contribution in [-0.2, 0) is 14.4 Å². The number of rotatable bonds is 11. The van der Waals surface area contributed by atoms with Gasteiger partial charge in [0.15, 0.2) is 0 Å². The summed E-state index contributed by atoms with van der Waals surface area (Å²) in [5, 5.41) is 15.4. The molecule has 31 heavy (non-hydrogen) atoms. The van der Waals surface area contributed by atoms with Crippen molar-refractivity contribution < 1.29 is 19.5 Å². The van der Waals surface area contributed by atoms with Crippen LogP contribution in [0.3, 0.4) is 0 Å². The quantitative estimate of drug-likeness (QED) is 0.416. The van der Waals surface area contributed by atoms with Crippen LogP contribution < -0.4 is 10.6 Å². The smallest absolute Gasteiger partial charge is 0.244 e. The van der Waals surface area contributed by atoms with E-state index in [1.54, 1.807) is 16.7 Å². The number of unbranched alkanes of at least 4 members (excludes halogenated alkanes) is 1. The molecule has 7 nitrogen and oxygen atoms in total. The molecule has 8 heteroatoms. The average molecular weight is 454 g/mol. The topological polar surface area (TPSA) is 98.7 Å². The molecule has 0 radical (unpaired) electrons. The molecule has 3 unspecified atom stereocenters. The van der Waals surface area contributed by atoms with E-state index in [1.165, 1.54) is 0 Å². The Morgan fingerprint density at radius 2 is 1.97 bits per heavy atom. The first kappa shape index (κ1) is 24.4. The van der Waals surface area contributed by atoms with E-state index in [-0.39, 0.29) is 35.1 Å². The van der Waals surface area contributed by atoms with Crippen LogP contribution in [-0.4, -0.2) is 69.0 Å². The second-order valence-electron chi connectivity index (χ2n) is 9.68. The molecule has 0 aromatic rings. The van der Waals surface area contributed by atoms with Crippen molar-refractivity contribution in [3.05, 3.63) is 0 Å². The molecule has 0 aromatic carbocycles. The highest BCUT2D eigenvalue weighted by atomic mass is 32.2. The minimum absolute atomic E-state index is 0.0465. The number of likely N-dealkylation sites (tertiary alicyclic amines) is 1. The molecule has 3 N–H and O–H groups in total. The number of carbonyl (C=O) groups excluding carboxylic acids is 3. The van der Waals surface area contributed by atoms with E-state index in [0.29, 0.717) is 25.9 Å². The minimum atomic E-state index is -0.557. The predicted molar refractivity (Wildman–Crippen MR) is 123 cm³/mol. The number of nitrogens with zero attached hydrogens (tertiary/aromatic N) is 1. The van der Waals surface area contributed by atoms with Gasteiger partial charge in [0.1, 0.15) is 6.04 Å². The van der Waals surface area contributed by atoms with E-state index >= 15 is 0 Å². The van der Waals surface area contributed by atoms with Crippen LogP contribution in [0.1, 0.15) is 72.6 Å². The Bertz CT molecular complexity index is 704. The van der Waals surface area contributed by atoms with Crippen LogP contribution >= 0.6 is 11.8 Å². The molecule has 3 fully saturated rings. The Morgan fingerprint density at radius 1 is 1.23 bits per heavy atom. The number of thioether (sulfide) groups is 1. The fourth-order valence-electron chi connectivity index (χ4n) is 5.95. The third-order valence-electron chi connectivity index (χ3n) is 7.27. The van der Waals surface area contributed by atoms with Crippen LogP contribution in [0.4, 0.5) is 0 Å². The summed E-state index contributed by atoms with van der Waals surface area (Å²) in [6.45, 7) is 9.31. The van der Waals surface area contributed by atoms with Gasteiger partial charge in [0.25, 0.3) is 0 Å². The van der Waals surface area contributed by atoms with Crippen molar-refractivity contribution in [2.24, 2.45) is 11.8 Å². The van der Waals surface area contributed by atoms with Gasteiger partial charge in [0.05, 0.1) is 16.6 Å². The van der Waals surface area contributed by atoms with Crippen molar-refractivity contribution in [3.63, 3.8) is 0 Å². The lowest BCUT2D eigenvalue weighted by molar-refractivity contribution is -0.140. The van der Waals surface area contributed by atoms with E-state index in [9.17, 15) is 19.5 Å². The van der Waals surface area contributed by atoms with Gasteiger partial charge in [0.2, 0.25) is 17.7 Å². The summed E-state index contributed by atoms with van der Waals surface area (Å²) in [5.74, 6) is -1.07. The zero-order valence-corrected chi connectivity index (χ0v) is 20.2. The number of amides is 3. The maximum absolute atomic E-state index is 13.7. The number of aliphatic hydroxyl groups is 1. The van der Waals surface area contributed by atoms with Crippen molar-refractivity contribution in [1.82, 2.24) is 15.5 Å². The summed E-state index contributed by atoms with van der Waals surface area (Å²) in [6, 6.07) is -0.510. The number of hydrogen-bond donors (Lipinski definition) is 3. The average Bonchev–Trinajstić information content (AvgIpc) is 3.27. The van der Waals surface area contributed by atoms with Crippen LogP contribution in [0.15, 0.2) is 0 Å². The first-order valence-electron chi connectivity index (χ1n) is 11.9. The monoisotopic (exact) mass is 453 g/mol. The summed E-state index contributed by atoms with van der Waals surface area (Å²) in [5.41, 5.74) is 0. The molecule has 3 amide bonds. The highest BCUT2D eigenvalue weighted by molar-refractivity contribution is 8.02. The molecule has 3 aliphatic heterocycles. The van der Waals surface area contributed by atoms with E-state index in [1.807, 2.05) is 13.8 Å². The molecule has 6 atom stereocenters. The van der Waals surface area contributed by atoms with Crippen LogP contribution in [0, 0.1) is 11.8 Å². The van der Waals surface area contributed by atoms with Gasteiger partial charge in [-0.25, -0.2) is 0 Å². The molecule has 1 spiro atoms. The largest absolute Gasteiger partial charge is 0.396 e. The molecule has 3 rings (SSSR count). The third-order valence-corrected chi connectivity index (χ3v) is 9.26. The van der Waals surface area contributed by atoms with Gasteiger partial charge in [0, 0.05) is 30.5 Å². The van der Waals surface area contributed by atoms with Crippen molar-refractivity contribution in [2.75, 3.05) is 19.7 Å². The molecule has 2 bridgehead atoms. The molecule has 3 saturated heterocycles. The first-order valence-corrected chi connectivity index (χ1v) is 12.8. The maximum atomic E-state index is 13.7. The molecule has 0 saturated carbocycles. The molecule has 3 heterocycles. The number of nitrogens with one attached hydrogen (secondary N) is 2. The van der Waals surface area contributed by atoms with Crippen molar-refractivity contribution in [1.29, 1.82) is 0 Å². The normalized spacial score (nSPS) is 34.7. The summed E-state index contributed by atoms with van der Waals surface area (Å²) in [4.78, 5) is 42.1. The Labute approximate surface area is 190 Å². The zero-order valence-electron chi connectivity index (χ0n) is 19.4. The highest BCUT2D eigenvalue weighted by Gasteiger charge is 2.76. The molecular formula is C23H39N3O4S. The lowest BCUT2D eigenvalue weighted by atomic mass is 9.66. The van der Waals surface area contributed by atoms with Gasteiger partial charge < -0.3 is 20.6 Å². The van der Waals surface area contributed by atoms with E-state index in [4.69, 9.17) is 0 Å². The summed E-state index contributed by atoms with van der Waals surface area (Å²) in [7, 11) is 0. The second-order valence-corrected chi connectivity index (χ2v) is 11.6. The zero-order chi connectivity index (χ0) is 22.8. The molecule has 176 valence electrons. The molecule has 0 aliphatic carbocycles. The van der Waals surface area contributed by atoms with E-state index < -0.39 is 22.6 Å². The highest BCUT2D eigenvalue weighted by Crippen LogP contribution is 2.71. The third kappa shape index (κ3) is 4.22. The van der Waals surface area contributed by atoms with Gasteiger partial charge >= 0.3 is 0 Å². The molecule has 3 aliphatic rings. The minimum Gasteiger partial charge on any atom is -0.396 e. The second kappa shape index (κ2) is 9.69. The standard InChI is InChI=1S/C23H39N3O4S/c1-5-9-15(3)25-20(29)18-23-11-10-22(4,31-23)16(19(28)24-12-6-2)17(23)21(30)26(18)13-7-8-14-27/h15-18,27H,5-14H2,1-4H3,(H,24,28)(H,25,29)/t15?,16-,17+,18?,22+,23?/m1/s1. The maximum Gasteiger partial charge on any atom is 0.244 e. The number of fused-ring (bicyclic) bond motifs is 1. The fraction of sp³-hybridized carbons (Fsp3) is 0.870. The number of hydrogen-bond acceptors (Lipinski definition) is 5. The summed E-state index contributed by atoms with van der Waals surface area (Å²) >= 11 is 1.71. The lowest BCUT2D eigenvalue weighted by Gasteiger charge is -2.35. The Morgan fingerprint density at radius 3 is 2.61 bits per heavy atom. The van der Waals surface area contributed by atoms with E-state index in [0.717, 1.165) is 32.1 Å². The van der Waals surface area contributed by atoms with Crippen molar-refractivity contribution in [3.8, 4) is 0 Å². The van der Waals surface area contributed by atoms with Gasteiger partial charge in [-0.3, -0.25) is 14.4 Å². The Kier molecular flexibility index (Phi) is 7.62. The summed E-state index contributed by atoms with van der Waals surface area (Å²) < 4.78 is -0.863. The van der Waals surface area contributed by atoms with Crippen LogP contribution in [0.5, 0.6) is 0 Å². The first-order chi connectivity index (χ1) is 14.8. The van der Waals surface area contributed by atoms with Gasteiger partial charge in [-0.1, -0.05) is 20.3 Å². The van der Waals surface area contributed by atoms with Crippen molar-refractivity contribution >= 4 is 29.5 Å². The number of carbonyl (C=O) groups is 3. The molecular weight excluding hydrogens is 414 g/mol. The predicted octanol–water partition coefficient (Wildman–Crippen LogP) is 2.07. The Balaban J connectivity index is 1.94. The van der Waals surface area contributed by atoms with Gasteiger partial charge in [-0.15, -0.1) is 11.8 Å². The summed E-state index contributed by atoms with van der Waals surface area (Å²) in [6.07, 6.45) is 5.57.